The molecule has 1 fully saturated rings. The molecular formula is C15H24ClN3O. The maximum Gasteiger partial charge on any atom is 0.254 e. The third-order valence-electron chi connectivity index (χ3n) is 4.05. The van der Waals surface area contributed by atoms with Crippen LogP contribution in [0.3, 0.4) is 0 Å². The van der Waals surface area contributed by atoms with E-state index in [0.29, 0.717) is 11.7 Å². The van der Waals surface area contributed by atoms with Crippen LogP contribution < -0.4 is 5.73 Å². The first-order valence-electron chi connectivity index (χ1n) is 6.81. The van der Waals surface area contributed by atoms with Crippen molar-refractivity contribution in [2.75, 3.05) is 32.9 Å². The highest BCUT2D eigenvalue weighted by Gasteiger charge is 2.25. The van der Waals surface area contributed by atoms with Crippen LogP contribution in [0.2, 0.25) is 0 Å². The van der Waals surface area contributed by atoms with Gasteiger partial charge in [0.05, 0.1) is 0 Å². The number of amides is 1. The van der Waals surface area contributed by atoms with E-state index in [1.54, 1.807) is 6.07 Å². The van der Waals surface area contributed by atoms with Gasteiger partial charge < -0.3 is 15.5 Å². The molecule has 0 aromatic heterocycles. The Morgan fingerprint density at radius 3 is 2.55 bits per heavy atom. The SMILES string of the molecule is Cc1ccc(N)cc1C(=O)N(C)C1CCN(C)CC1.Cl. The van der Waals surface area contributed by atoms with Crippen LogP contribution in [0.15, 0.2) is 18.2 Å². The van der Waals surface area contributed by atoms with Gasteiger partial charge in [-0.25, -0.2) is 0 Å². The molecule has 0 radical (unpaired) electrons. The van der Waals surface area contributed by atoms with Crippen LogP contribution in [-0.2, 0) is 0 Å². The van der Waals surface area contributed by atoms with Crippen LogP contribution in [0.25, 0.3) is 0 Å². The molecule has 0 aliphatic carbocycles. The number of halogens is 1. The third kappa shape index (κ3) is 3.64. The highest BCUT2D eigenvalue weighted by molar-refractivity contribution is 5.96. The van der Waals surface area contributed by atoms with Gasteiger partial charge in [0.2, 0.25) is 0 Å². The number of rotatable bonds is 2. The van der Waals surface area contributed by atoms with Crippen molar-refractivity contribution in [2.45, 2.75) is 25.8 Å². The maximum atomic E-state index is 12.6. The number of piperidine rings is 1. The molecule has 1 amide bonds. The topological polar surface area (TPSA) is 49.6 Å². The predicted molar refractivity (Wildman–Crippen MR) is 85.5 cm³/mol. The van der Waals surface area contributed by atoms with Gasteiger partial charge in [-0.05, 0) is 57.6 Å². The summed E-state index contributed by atoms with van der Waals surface area (Å²) in [7, 11) is 4.03. The lowest BCUT2D eigenvalue weighted by Crippen LogP contribution is -2.44. The Balaban J connectivity index is 0.00000200. The van der Waals surface area contributed by atoms with Gasteiger partial charge in [0, 0.05) is 24.3 Å². The number of carbonyl (C=O) groups excluding carboxylic acids is 1. The molecule has 1 aromatic rings. The van der Waals surface area contributed by atoms with Crippen molar-refractivity contribution in [1.82, 2.24) is 9.80 Å². The monoisotopic (exact) mass is 297 g/mol. The Morgan fingerprint density at radius 2 is 1.95 bits per heavy atom. The standard InChI is InChI=1S/C15H23N3O.ClH/c1-11-4-5-12(16)10-14(11)15(19)18(3)13-6-8-17(2)9-7-13;/h4-5,10,13H,6-9,16H2,1-3H3;1H. The highest BCUT2D eigenvalue weighted by Crippen LogP contribution is 2.19. The summed E-state index contributed by atoms with van der Waals surface area (Å²) in [6.45, 7) is 4.06. The molecule has 0 atom stereocenters. The number of nitrogens with two attached hydrogens (primary N) is 1. The molecule has 1 aromatic carbocycles. The number of anilines is 1. The Labute approximate surface area is 127 Å². The number of hydrogen-bond acceptors (Lipinski definition) is 3. The Morgan fingerprint density at radius 1 is 1.35 bits per heavy atom. The third-order valence-corrected chi connectivity index (χ3v) is 4.05. The lowest BCUT2D eigenvalue weighted by atomic mass is 10.0. The van der Waals surface area contributed by atoms with Crippen molar-refractivity contribution in [3.8, 4) is 0 Å². The molecule has 0 spiro atoms. The first-order chi connectivity index (χ1) is 8.99. The fourth-order valence-electron chi connectivity index (χ4n) is 2.61. The predicted octanol–water partition coefficient (Wildman–Crippen LogP) is 2.17. The van der Waals surface area contributed by atoms with E-state index in [-0.39, 0.29) is 18.3 Å². The van der Waals surface area contributed by atoms with Gasteiger partial charge in [0.25, 0.3) is 5.91 Å². The van der Waals surface area contributed by atoms with Crippen molar-refractivity contribution in [3.05, 3.63) is 29.3 Å². The van der Waals surface area contributed by atoms with E-state index in [0.717, 1.165) is 37.1 Å². The summed E-state index contributed by atoms with van der Waals surface area (Å²) in [6.07, 6.45) is 2.08. The number of nitrogen functional groups attached to an aromatic ring is 1. The first kappa shape index (κ1) is 16.8. The van der Waals surface area contributed by atoms with Crippen LogP contribution in [0.4, 0.5) is 5.69 Å². The van der Waals surface area contributed by atoms with Crippen LogP contribution in [0.1, 0.15) is 28.8 Å². The van der Waals surface area contributed by atoms with Gasteiger partial charge in [-0.2, -0.15) is 0 Å². The van der Waals surface area contributed by atoms with E-state index in [4.69, 9.17) is 5.73 Å². The number of benzene rings is 1. The van der Waals surface area contributed by atoms with Gasteiger partial charge in [-0.3, -0.25) is 4.79 Å². The minimum Gasteiger partial charge on any atom is -0.399 e. The largest absolute Gasteiger partial charge is 0.399 e. The summed E-state index contributed by atoms with van der Waals surface area (Å²) >= 11 is 0. The Hall–Kier alpha value is -1.26. The molecular weight excluding hydrogens is 274 g/mol. The molecule has 2 N–H and O–H groups in total. The van der Waals surface area contributed by atoms with Crippen molar-refractivity contribution in [3.63, 3.8) is 0 Å². The van der Waals surface area contributed by atoms with E-state index in [1.807, 2.05) is 31.0 Å². The lowest BCUT2D eigenvalue weighted by Gasteiger charge is -2.35. The quantitative estimate of drug-likeness (QED) is 0.851. The van der Waals surface area contributed by atoms with Crippen LogP contribution in [-0.4, -0.2) is 48.9 Å². The zero-order valence-electron chi connectivity index (χ0n) is 12.4. The van der Waals surface area contributed by atoms with Crippen molar-refractivity contribution in [1.29, 1.82) is 0 Å². The summed E-state index contributed by atoms with van der Waals surface area (Å²) in [6, 6.07) is 5.86. The number of carbonyl (C=O) groups is 1. The molecule has 0 saturated carbocycles. The minimum absolute atomic E-state index is 0. The Bertz CT molecular complexity index is 470. The van der Waals surface area contributed by atoms with E-state index in [2.05, 4.69) is 11.9 Å². The molecule has 20 heavy (non-hydrogen) atoms. The normalized spacial score (nSPS) is 16.6. The van der Waals surface area contributed by atoms with Gasteiger partial charge in [0.15, 0.2) is 0 Å². The van der Waals surface area contributed by atoms with Gasteiger partial charge in [-0.15, -0.1) is 12.4 Å². The van der Waals surface area contributed by atoms with E-state index in [1.165, 1.54) is 0 Å². The molecule has 1 aliphatic heterocycles. The summed E-state index contributed by atoms with van der Waals surface area (Å²) < 4.78 is 0. The van der Waals surface area contributed by atoms with E-state index < -0.39 is 0 Å². The summed E-state index contributed by atoms with van der Waals surface area (Å²) in [4.78, 5) is 16.7. The van der Waals surface area contributed by atoms with Gasteiger partial charge in [-0.1, -0.05) is 6.07 Å². The number of hydrogen-bond donors (Lipinski definition) is 1. The molecule has 0 unspecified atom stereocenters. The molecule has 4 nitrogen and oxygen atoms in total. The average Bonchev–Trinajstić information content (AvgIpc) is 2.41. The zero-order valence-corrected chi connectivity index (χ0v) is 13.2. The molecule has 5 heteroatoms. The summed E-state index contributed by atoms with van der Waals surface area (Å²) in [5.74, 6) is 0.0827. The molecule has 1 heterocycles. The van der Waals surface area contributed by atoms with Crippen LogP contribution in [0, 0.1) is 6.92 Å². The van der Waals surface area contributed by atoms with Gasteiger partial charge >= 0.3 is 0 Å². The maximum absolute atomic E-state index is 12.6. The van der Waals surface area contributed by atoms with Crippen LogP contribution in [0.5, 0.6) is 0 Å². The van der Waals surface area contributed by atoms with Crippen LogP contribution >= 0.6 is 12.4 Å². The second-order valence-electron chi connectivity index (χ2n) is 5.52. The Kier molecular flexibility index (Phi) is 5.84. The van der Waals surface area contributed by atoms with Crippen molar-refractivity contribution >= 4 is 24.0 Å². The summed E-state index contributed by atoms with van der Waals surface area (Å²) in [5, 5.41) is 0. The van der Waals surface area contributed by atoms with Gasteiger partial charge in [0.1, 0.15) is 0 Å². The minimum atomic E-state index is 0. The zero-order chi connectivity index (χ0) is 14.0. The fraction of sp³-hybridized carbons (Fsp3) is 0.533. The second kappa shape index (κ2) is 6.95. The number of aryl methyl sites for hydroxylation is 1. The smallest absolute Gasteiger partial charge is 0.254 e. The second-order valence-corrected chi connectivity index (χ2v) is 5.52. The molecule has 112 valence electrons. The number of likely N-dealkylation sites (tertiary alicyclic amines) is 1. The first-order valence-corrected chi connectivity index (χ1v) is 6.81. The molecule has 1 aliphatic rings. The number of nitrogens with zero attached hydrogens (tertiary/aromatic N) is 2. The summed E-state index contributed by atoms with van der Waals surface area (Å²) in [5.41, 5.74) is 8.14. The molecule has 2 rings (SSSR count). The lowest BCUT2D eigenvalue weighted by molar-refractivity contribution is 0.0659. The van der Waals surface area contributed by atoms with E-state index in [9.17, 15) is 4.79 Å². The molecule has 1 saturated heterocycles. The van der Waals surface area contributed by atoms with Crippen molar-refractivity contribution < 1.29 is 4.79 Å². The highest BCUT2D eigenvalue weighted by atomic mass is 35.5. The fourth-order valence-corrected chi connectivity index (χ4v) is 2.61. The van der Waals surface area contributed by atoms with Crippen molar-refractivity contribution in [2.24, 2.45) is 0 Å². The average molecular weight is 298 g/mol. The molecule has 0 bridgehead atoms. The van der Waals surface area contributed by atoms with E-state index >= 15 is 0 Å².